The predicted octanol–water partition coefficient (Wildman–Crippen LogP) is 3.93. The van der Waals surface area contributed by atoms with Crippen LogP contribution >= 0.6 is 34.4 Å². The fourth-order valence-corrected chi connectivity index (χ4v) is 5.52. The summed E-state index contributed by atoms with van der Waals surface area (Å²) in [6, 6.07) is 6.88. The smallest absolute Gasteiger partial charge is 0.212 e. The van der Waals surface area contributed by atoms with Gasteiger partial charge in [0.15, 0.2) is 5.79 Å². The summed E-state index contributed by atoms with van der Waals surface area (Å²) in [5.41, 5.74) is 1.03. The Kier molecular flexibility index (Phi) is 6.21. The molecule has 0 saturated carbocycles. The molecule has 0 spiro atoms. The van der Waals surface area contributed by atoms with Crippen molar-refractivity contribution < 1.29 is 17.9 Å². The molecule has 4 nitrogen and oxygen atoms in total. The minimum atomic E-state index is -3.54. The van der Waals surface area contributed by atoms with Gasteiger partial charge in [0.1, 0.15) is 10.3 Å². The standard InChI is InChI=1S/C16H21IO4S2/c1-11-5-7-12(8-6-11)23(18,19)15(22-4)9-13-14(10-17)21-16(2,3)20-13/h5-9,13-14H,10H2,1-4H3/b15-9+/t13-,14+/m0/s1. The summed E-state index contributed by atoms with van der Waals surface area (Å²) in [5.74, 6) is -0.700. The summed E-state index contributed by atoms with van der Waals surface area (Å²) >= 11 is 3.44. The largest absolute Gasteiger partial charge is 0.343 e. The van der Waals surface area contributed by atoms with Gasteiger partial charge in [0.05, 0.1) is 11.0 Å². The zero-order valence-corrected chi connectivity index (χ0v) is 17.4. The van der Waals surface area contributed by atoms with Gasteiger partial charge in [0, 0.05) is 4.43 Å². The van der Waals surface area contributed by atoms with E-state index in [1.807, 2.05) is 20.8 Å². The van der Waals surface area contributed by atoms with Gasteiger partial charge in [0.25, 0.3) is 0 Å². The van der Waals surface area contributed by atoms with Crippen molar-refractivity contribution in [2.24, 2.45) is 0 Å². The van der Waals surface area contributed by atoms with E-state index in [1.54, 1.807) is 36.6 Å². The molecule has 1 fully saturated rings. The molecule has 0 aliphatic carbocycles. The molecule has 0 aromatic heterocycles. The molecule has 1 aromatic carbocycles. The Labute approximate surface area is 156 Å². The topological polar surface area (TPSA) is 52.6 Å². The van der Waals surface area contributed by atoms with Gasteiger partial charge < -0.3 is 9.47 Å². The van der Waals surface area contributed by atoms with Gasteiger partial charge in [-0.2, -0.15) is 0 Å². The summed E-state index contributed by atoms with van der Waals surface area (Å²) < 4.78 is 38.4. The second kappa shape index (κ2) is 7.43. The highest BCUT2D eigenvalue weighted by molar-refractivity contribution is 14.1. The van der Waals surface area contributed by atoms with Crippen LogP contribution in [0.5, 0.6) is 0 Å². The number of alkyl halides is 1. The molecular weight excluding hydrogens is 447 g/mol. The zero-order valence-electron chi connectivity index (χ0n) is 13.6. The Morgan fingerprint density at radius 3 is 2.43 bits per heavy atom. The average Bonchev–Trinajstić information content (AvgIpc) is 2.79. The lowest BCUT2D eigenvalue weighted by Gasteiger charge is -2.16. The van der Waals surface area contributed by atoms with E-state index >= 15 is 0 Å². The number of aryl methyl sites for hydroxylation is 1. The Hall–Kier alpha value is -0.0900. The van der Waals surface area contributed by atoms with Gasteiger partial charge >= 0.3 is 0 Å². The minimum absolute atomic E-state index is 0.152. The molecule has 1 heterocycles. The highest BCUT2D eigenvalue weighted by Crippen LogP contribution is 2.34. The van der Waals surface area contributed by atoms with E-state index in [2.05, 4.69) is 22.6 Å². The average molecular weight is 468 g/mol. The number of thioether (sulfide) groups is 1. The molecule has 0 N–H and O–H groups in total. The second-order valence-electron chi connectivity index (χ2n) is 5.80. The van der Waals surface area contributed by atoms with Crippen molar-refractivity contribution >= 4 is 44.2 Å². The summed E-state index contributed by atoms with van der Waals surface area (Å²) in [4.78, 5) is 0.299. The third-order valence-corrected chi connectivity index (χ3v) is 7.59. The van der Waals surface area contributed by atoms with E-state index in [1.165, 1.54) is 11.8 Å². The first-order valence-corrected chi connectivity index (χ1v) is 11.4. The van der Waals surface area contributed by atoms with Crippen molar-refractivity contribution in [1.29, 1.82) is 0 Å². The van der Waals surface area contributed by atoms with Crippen molar-refractivity contribution in [1.82, 2.24) is 0 Å². The highest BCUT2D eigenvalue weighted by atomic mass is 127. The number of hydrogen-bond acceptors (Lipinski definition) is 5. The third-order valence-electron chi connectivity index (χ3n) is 3.47. The van der Waals surface area contributed by atoms with E-state index < -0.39 is 15.6 Å². The van der Waals surface area contributed by atoms with E-state index in [-0.39, 0.29) is 12.2 Å². The van der Waals surface area contributed by atoms with Gasteiger partial charge in [-0.25, -0.2) is 8.42 Å². The molecule has 0 unspecified atom stereocenters. The lowest BCUT2D eigenvalue weighted by molar-refractivity contribution is -0.140. The molecule has 2 atom stereocenters. The minimum Gasteiger partial charge on any atom is -0.343 e. The first-order chi connectivity index (χ1) is 10.7. The lowest BCUT2D eigenvalue weighted by Crippen LogP contribution is -2.23. The molecule has 23 heavy (non-hydrogen) atoms. The molecule has 1 saturated heterocycles. The Balaban J connectivity index is 2.36. The molecule has 1 aliphatic heterocycles. The fourth-order valence-electron chi connectivity index (χ4n) is 2.36. The maximum absolute atomic E-state index is 12.8. The third kappa shape index (κ3) is 4.50. The van der Waals surface area contributed by atoms with Crippen molar-refractivity contribution in [2.75, 3.05) is 10.7 Å². The van der Waals surface area contributed by atoms with E-state index in [0.29, 0.717) is 9.13 Å². The van der Waals surface area contributed by atoms with Crippen molar-refractivity contribution in [3.63, 3.8) is 0 Å². The van der Waals surface area contributed by atoms with Crippen molar-refractivity contribution in [2.45, 2.75) is 43.7 Å². The summed E-state index contributed by atoms with van der Waals surface area (Å²) in [7, 11) is -3.54. The van der Waals surface area contributed by atoms with Crippen LogP contribution in [0.1, 0.15) is 19.4 Å². The lowest BCUT2D eigenvalue weighted by atomic mass is 10.2. The monoisotopic (exact) mass is 468 g/mol. The Morgan fingerprint density at radius 1 is 1.30 bits per heavy atom. The number of sulfone groups is 1. The van der Waals surface area contributed by atoms with Gasteiger partial charge in [-0.1, -0.05) is 40.3 Å². The fraction of sp³-hybridized carbons (Fsp3) is 0.500. The van der Waals surface area contributed by atoms with Crippen LogP contribution in [0.4, 0.5) is 0 Å². The molecule has 0 amide bonds. The first kappa shape index (κ1) is 19.2. The summed E-state index contributed by atoms with van der Waals surface area (Å²) in [6.45, 7) is 5.61. The van der Waals surface area contributed by atoms with Crippen LogP contribution in [0.2, 0.25) is 0 Å². The van der Waals surface area contributed by atoms with Crippen LogP contribution in [0.25, 0.3) is 0 Å². The number of halogens is 1. The van der Waals surface area contributed by atoms with Gasteiger partial charge in [-0.15, -0.1) is 11.8 Å². The molecule has 7 heteroatoms. The van der Waals surface area contributed by atoms with Gasteiger partial charge in [-0.05, 0) is 45.2 Å². The molecule has 1 aromatic rings. The first-order valence-electron chi connectivity index (χ1n) is 7.19. The van der Waals surface area contributed by atoms with Crippen molar-refractivity contribution in [3.05, 3.63) is 40.1 Å². The quantitative estimate of drug-likeness (QED) is 0.484. The van der Waals surface area contributed by atoms with Gasteiger partial charge in [0.2, 0.25) is 9.84 Å². The van der Waals surface area contributed by atoms with Crippen LogP contribution in [-0.2, 0) is 19.3 Å². The Bertz CT molecular complexity index is 681. The molecule has 128 valence electrons. The number of benzene rings is 1. The number of ether oxygens (including phenoxy) is 2. The molecule has 1 aliphatic rings. The van der Waals surface area contributed by atoms with Crippen LogP contribution < -0.4 is 0 Å². The summed E-state index contributed by atoms with van der Waals surface area (Å²) in [6.07, 6.45) is 2.92. The molecule has 2 rings (SSSR count). The SMILES string of the molecule is CS/C(=C\[C@@H]1OC(C)(C)O[C@@H]1CI)S(=O)(=O)c1ccc(C)cc1. The zero-order chi connectivity index (χ0) is 17.3. The molecular formula is C16H21IO4S2. The van der Waals surface area contributed by atoms with Crippen LogP contribution in [0, 0.1) is 6.92 Å². The molecule has 0 radical (unpaired) electrons. The van der Waals surface area contributed by atoms with E-state index in [0.717, 1.165) is 9.99 Å². The van der Waals surface area contributed by atoms with E-state index in [4.69, 9.17) is 9.47 Å². The molecule has 0 bridgehead atoms. The van der Waals surface area contributed by atoms with Gasteiger partial charge in [-0.3, -0.25) is 0 Å². The Morgan fingerprint density at radius 2 is 1.91 bits per heavy atom. The second-order valence-corrected chi connectivity index (χ2v) is 9.70. The van der Waals surface area contributed by atoms with Crippen LogP contribution in [0.3, 0.4) is 0 Å². The number of hydrogen-bond donors (Lipinski definition) is 0. The maximum atomic E-state index is 12.8. The van der Waals surface area contributed by atoms with Crippen LogP contribution in [-0.4, -0.2) is 37.1 Å². The predicted molar refractivity (Wildman–Crippen MR) is 103 cm³/mol. The van der Waals surface area contributed by atoms with Crippen LogP contribution in [0.15, 0.2) is 39.5 Å². The van der Waals surface area contributed by atoms with Crippen molar-refractivity contribution in [3.8, 4) is 0 Å². The highest BCUT2D eigenvalue weighted by Gasteiger charge is 2.40. The van der Waals surface area contributed by atoms with E-state index in [9.17, 15) is 8.42 Å². The number of rotatable bonds is 5. The summed E-state index contributed by atoms with van der Waals surface area (Å²) in [5, 5.41) is 0. The maximum Gasteiger partial charge on any atom is 0.212 e. The normalized spacial score (nSPS) is 24.8.